The average molecular weight is 293 g/mol. The van der Waals surface area contributed by atoms with Crippen LogP contribution in [-0.2, 0) is 5.41 Å². The van der Waals surface area contributed by atoms with E-state index in [1.165, 1.54) is 19.3 Å². The van der Waals surface area contributed by atoms with Crippen molar-refractivity contribution < 1.29 is 4.52 Å². The molecule has 112 valence electrons. The molecular formula is C18H19N3O. The molecule has 0 saturated heterocycles. The summed E-state index contributed by atoms with van der Waals surface area (Å²) in [6.07, 6.45) is 9.23. The topological polar surface area (TPSA) is 51.8 Å². The van der Waals surface area contributed by atoms with Gasteiger partial charge in [0.25, 0.3) is 0 Å². The summed E-state index contributed by atoms with van der Waals surface area (Å²) in [6, 6.07) is 3.98. The van der Waals surface area contributed by atoms with Crippen LogP contribution >= 0.6 is 0 Å². The minimum atomic E-state index is -0.00533. The Bertz CT molecular complexity index is 783. The molecule has 0 radical (unpaired) electrons. The van der Waals surface area contributed by atoms with E-state index in [2.05, 4.69) is 23.1 Å². The Kier molecular flexibility index (Phi) is 2.20. The number of nitrogens with zero attached hydrogens (tertiary/aromatic N) is 3. The molecule has 2 aromatic heterocycles. The van der Waals surface area contributed by atoms with Gasteiger partial charge in [0.15, 0.2) is 0 Å². The van der Waals surface area contributed by atoms with Crippen LogP contribution in [0.2, 0.25) is 0 Å². The summed E-state index contributed by atoms with van der Waals surface area (Å²) in [7, 11) is 0. The third kappa shape index (κ3) is 1.67. The van der Waals surface area contributed by atoms with E-state index in [0.29, 0.717) is 11.2 Å². The number of pyridine rings is 1. The molecule has 2 heterocycles. The highest BCUT2D eigenvalue weighted by Gasteiger charge is 2.60. The van der Waals surface area contributed by atoms with E-state index in [9.17, 15) is 0 Å². The third-order valence-electron chi connectivity index (χ3n) is 5.74. The molecular weight excluding hydrogens is 274 g/mol. The van der Waals surface area contributed by atoms with Crippen molar-refractivity contribution in [3.8, 4) is 11.4 Å². The van der Waals surface area contributed by atoms with Crippen molar-refractivity contribution >= 4 is 0 Å². The van der Waals surface area contributed by atoms with Gasteiger partial charge in [0.2, 0.25) is 11.7 Å². The van der Waals surface area contributed by atoms with Gasteiger partial charge < -0.3 is 4.52 Å². The number of aromatic nitrogens is 3. The molecule has 1 unspecified atom stereocenters. The summed E-state index contributed by atoms with van der Waals surface area (Å²) >= 11 is 0. The maximum atomic E-state index is 5.66. The molecule has 0 amide bonds. The van der Waals surface area contributed by atoms with E-state index in [4.69, 9.17) is 9.51 Å². The molecule has 0 aliphatic heterocycles. The first-order valence-corrected chi connectivity index (χ1v) is 8.06. The normalized spacial score (nSPS) is 35.2. The van der Waals surface area contributed by atoms with Crippen LogP contribution in [0.4, 0.5) is 0 Å². The van der Waals surface area contributed by atoms with Crippen molar-refractivity contribution in [2.24, 2.45) is 11.3 Å². The SMILES string of the molecule is Cc1ccc(-c2noc(C3(C)CC4=CC45CC(C5)C3)n2)cn1. The summed E-state index contributed by atoms with van der Waals surface area (Å²) in [5.74, 6) is 2.26. The molecule has 4 nitrogen and oxygen atoms in total. The lowest BCUT2D eigenvalue weighted by Gasteiger charge is -2.37. The smallest absolute Gasteiger partial charge is 0.233 e. The van der Waals surface area contributed by atoms with Gasteiger partial charge in [-0.15, -0.1) is 0 Å². The first-order chi connectivity index (χ1) is 10.6. The number of aryl methyl sites for hydroxylation is 1. The van der Waals surface area contributed by atoms with E-state index in [1.54, 1.807) is 5.57 Å². The average Bonchev–Trinajstić information content (AvgIpc) is 2.96. The largest absolute Gasteiger partial charge is 0.338 e. The Balaban J connectivity index is 1.48. The lowest BCUT2D eigenvalue weighted by atomic mass is 9.67. The molecule has 1 atom stereocenters. The van der Waals surface area contributed by atoms with Gasteiger partial charge in [-0.05, 0) is 50.7 Å². The summed E-state index contributed by atoms with van der Waals surface area (Å²) in [5.41, 5.74) is 4.06. The Labute approximate surface area is 129 Å². The molecule has 3 fully saturated rings. The highest BCUT2D eigenvalue weighted by Crippen LogP contribution is 2.69. The van der Waals surface area contributed by atoms with Crippen molar-refractivity contribution in [1.29, 1.82) is 0 Å². The van der Waals surface area contributed by atoms with Gasteiger partial charge in [-0.25, -0.2) is 0 Å². The lowest BCUT2D eigenvalue weighted by Crippen LogP contribution is -2.29. The van der Waals surface area contributed by atoms with Gasteiger partial charge in [0.1, 0.15) is 0 Å². The molecule has 1 spiro atoms. The molecule has 2 bridgehead atoms. The van der Waals surface area contributed by atoms with Gasteiger partial charge in [-0.1, -0.05) is 23.7 Å². The quantitative estimate of drug-likeness (QED) is 0.790. The van der Waals surface area contributed by atoms with Crippen LogP contribution in [0.3, 0.4) is 0 Å². The molecule has 22 heavy (non-hydrogen) atoms. The Hall–Kier alpha value is -1.97. The monoisotopic (exact) mass is 293 g/mol. The molecule has 0 aromatic carbocycles. The van der Waals surface area contributed by atoms with E-state index in [1.807, 2.05) is 25.3 Å². The second-order valence-corrected chi connectivity index (χ2v) is 7.65. The summed E-state index contributed by atoms with van der Waals surface area (Å²) in [4.78, 5) is 9.02. The van der Waals surface area contributed by atoms with Crippen LogP contribution in [0.25, 0.3) is 11.4 Å². The van der Waals surface area contributed by atoms with Gasteiger partial charge in [-0.3, -0.25) is 4.98 Å². The van der Waals surface area contributed by atoms with Crippen molar-refractivity contribution in [2.45, 2.75) is 44.9 Å². The number of fused-ring (bicyclic) bond motifs is 2. The summed E-state index contributed by atoms with van der Waals surface area (Å²) in [6.45, 7) is 4.26. The third-order valence-corrected chi connectivity index (χ3v) is 5.74. The van der Waals surface area contributed by atoms with Crippen LogP contribution in [0, 0.1) is 18.3 Å². The predicted octanol–water partition coefficient (Wildman–Crippen LogP) is 3.83. The second-order valence-electron chi connectivity index (χ2n) is 7.65. The molecule has 3 saturated carbocycles. The van der Waals surface area contributed by atoms with Gasteiger partial charge in [0.05, 0.1) is 5.41 Å². The molecule has 4 aliphatic rings. The van der Waals surface area contributed by atoms with Crippen LogP contribution < -0.4 is 0 Å². The second kappa shape index (κ2) is 3.86. The zero-order valence-electron chi connectivity index (χ0n) is 13.0. The Morgan fingerprint density at radius 1 is 1.23 bits per heavy atom. The number of rotatable bonds is 2. The maximum Gasteiger partial charge on any atom is 0.233 e. The summed E-state index contributed by atoms with van der Waals surface area (Å²) < 4.78 is 5.66. The molecule has 6 rings (SSSR count). The van der Waals surface area contributed by atoms with Crippen molar-refractivity contribution in [3.63, 3.8) is 0 Å². The van der Waals surface area contributed by atoms with Gasteiger partial charge in [0, 0.05) is 22.9 Å². The summed E-state index contributed by atoms with van der Waals surface area (Å²) in [5, 5.41) is 4.20. The van der Waals surface area contributed by atoms with Crippen molar-refractivity contribution in [2.75, 3.05) is 0 Å². The fraction of sp³-hybridized carbons (Fsp3) is 0.500. The van der Waals surface area contributed by atoms with Crippen LogP contribution in [0.15, 0.2) is 34.5 Å². The lowest BCUT2D eigenvalue weighted by molar-refractivity contribution is 0.160. The van der Waals surface area contributed by atoms with E-state index < -0.39 is 0 Å². The molecule has 4 heteroatoms. The minimum Gasteiger partial charge on any atom is -0.338 e. The zero-order valence-corrected chi connectivity index (χ0v) is 13.0. The molecule has 4 aliphatic carbocycles. The maximum absolute atomic E-state index is 5.66. The number of allylic oxidation sites excluding steroid dienone is 2. The van der Waals surface area contributed by atoms with E-state index >= 15 is 0 Å². The van der Waals surface area contributed by atoms with Crippen molar-refractivity contribution in [3.05, 3.63) is 41.6 Å². The highest BCUT2D eigenvalue weighted by atomic mass is 16.5. The minimum absolute atomic E-state index is 0.00533. The van der Waals surface area contributed by atoms with E-state index in [0.717, 1.165) is 29.5 Å². The highest BCUT2D eigenvalue weighted by molar-refractivity contribution is 5.53. The van der Waals surface area contributed by atoms with Gasteiger partial charge >= 0.3 is 0 Å². The standard InChI is InChI=1S/C18H19N3O/c1-11-3-4-13(10-19-11)15-20-16(22-21-15)17(2)5-12-6-18(7-12)9-14(18)8-17/h3-4,9-10,12H,5-8H2,1-2H3. The van der Waals surface area contributed by atoms with Crippen LogP contribution in [0.5, 0.6) is 0 Å². The predicted molar refractivity (Wildman–Crippen MR) is 82.1 cm³/mol. The van der Waals surface area contributed by atoms with E-state index in [-0.39, 0.29) is 5.41 Å². The van der Waals surface area contributed by atoms with Gasteiger partial charge in [-0.2, -0.15) is 4.98 Å². The Morgan fingerprint density at radius 2 is 2.09 bits per heavy atom. The van der Waals surface area contributed by atoms with Crippen molar-refractivity contribution in [1.82, 2.24) is 15.1 Å². The van der Waals surface area contributed by atoms with Crippen LogP contribution in [-0.4, -0.2) is 15.1 Å². The first kappa shape index (κ1) is 12.6. The molecule has 2 aromatic rings. The number of hydrogen-bond acceptors (Lipinski definition) is 4. The Morgan fingerprint density at radius 3 is 2.86 bits per heavy atom. The zero-order chi connectivity index (χ0) is 14.9. The fourth-order valence-corrected chi connectivity index (χ4v) is 4.50. The first-order valence-electron chi connectivity index (χ1n) is 8.06. The molecule has 0 N–H and O–H groups in total. The fourth-order valence-electron chi connectivity index (χ4n) is 4.50. The number of hydrogen-bond donors (Lipinski definition) is 0. The van der Waals surface area contributed by atoms with Crippen LogP contribution in [0.1, 0.15) is 44.2 Å².